The van der Waals surface area contributed by atoms with Crippen LogP contribution >= 0.6 is 15.6 Å². The first-order chi connectivity index (χ1) is 60.3. The molecule has 125 heavy (non-hydrogen) atoms. The maximum absolute atomic E-state index is 15.2. The van der Waals surface area contributed by atoms with Crippen molar-refractivity contribution in [3.8, 4) is 0 Å². The van der Waals surface area contributed by atoms with Gasteiger partial charge in [0.15, 0.2) is 24.8 Å². The molecule has 2 fully saturated rings. The summed E-state index contributed by atoms with van der Waals surface area (Å²) in [7, 11) is -11.4. The van der Waals surface area contributed by atoms with Crippen molar-refractivity contribution in [1.82, 2.24) is 10.6 Å². The van der Waals surface area contributed by atoms with Crippen molar-refractivity contribution < 1.29 is 120 Å². The van der Waals surface area contributed by atoms with Crippen LogP contribution in [0.25, 0.3) is 0 Å². The zero-order chi connectivity index (χ0) is 91.8. The minimum Gasteiger partial charge on any atom is -0.462 e. The number of allylic oxidation sites excluding steroid dienone is 2. The summed E-state index contributed by atoms with van der Waals surface area (Å²) < 4.78 is 80.2. The molecule has 29 heteroatoms. The smallest absolute Gasteiger partial charge is 0.462 e. The molecule has 0 saturated carbocycles. The third-order valence-corrected chi connectivity index (χ3v) is 25.0. The highest BCUT2D eigenvalue weighted by Gasteiger charge is 2.55. The van der Waals surface area contributed by atoms with Crippen molar-refractivity contribution in [3.63, 3.8) is 0 Å². The molecule has 27 nitrogen and oxygen atoms in total. The van der Waals surface area contributed by atoms with Gasteiger partial charge in [0.2, 0.25) is 11.8 Å². The first-order valence-electron chi connectivity index (χ1n) is 50.4. The lowest BCUT2D eigenvalue weighted by atomic mass is 9.95. The molecule has 2 amide bonds. The molecular weight excluding hydrogens is 1640 g/mol. The predicted molar refractivity (Wildman–Crippen MR) is 490 cm³/mol. The van der Waals surface area contributed by atoms with Gasteiger partial charge in [-0.05, 0) is 77.0 Å². The van der Waals surface area contributed by atoms with Crippen molar-refractivity contribution >= 4 is 51.3 Å². The molecule has 2 aliphatic heterocycles. The van der Waals surface area contributed by atoms with E-state index in [-0.39, 0.29) is 38.5 Å². The number of phosphoric acid groups is 2. The molecule has 0 aromatic carbocycles. The van der Waals surface area contributed by atoms with Gasteiger partial charge in [-0.15, -0.1) is 0 Å². The Labute approximate surface area is 754 Å². The van der Waals surface area contributed by atoms with Crippen molar-refractivity contribution in [3.05, 3.63) is 12.2 Å². The molecule has 10 unspecified atom stereocenters. The number of carbonyl (C=O) groups is 6. The third-order valence-electron chi connectivity index (χ3n) is 24.0. The van der Waals surface area contributed by atoms with Gasteiger partial charge in [0.05, 0.1) is 51.1 Å². The lowest BCUT2D eigenvalue weighted by Gasteiger charge is -2.47. The molecule has 734 valence electrons. The molecule has 2 heterocycles. The van der Waals surface area contributed by atoms with Gasteiger partial charge < -0.3 is 83.8 Å². The molecule has 2 rings (SSSR count). The number of nitrogens with one attached hydrogen (secondary N) is 2. The average Bonchev–Trinajstić information content (AvgIpc) is 0.778. The zero-order valence-corrected chi connectivity index (χ0v) is 80.5. The number of carbonyl (C=O) groups excluding carboxylic acids is 6. The normalized spacial score (nSPS) is 20.3. The van der Waals surface area contributed by atoms with Crippen molar-refractivity contribution in [2.45, 2.75) is 551 Å². The number of ether oxygens (including phenoxy) is 7. The van der Waals surface area contributed by atoms with E-state index in [9.17, 15) is 68.3 Å². The van der Waals surface area contributed by atoms with E-state index in [0.717, 1.165) is 263 Å². The average molecular weight is 1820 g/mol. The van der Waals surface area contributed by atoms with Crippen LogP contribution in [0.4, 0.5) is 0 Å². The van der Waals surface area contributed by atoms with E-state index >= 15 is 9.59 Å². The number of esters is 4. The summed E-state index contributed by atoms with van der Waals surface area (Å²) in [5.74, 6) is -5.06. The van der Waals surface area contributed by atoms with Crippen LogP contribution in [0.15, 0.2) is 12.2 Å². The van der Waals surface area contributed by atoms with E-state index in [0.29, 0.717) is 38.5 Å². The molecule has 0 radical (unpaired) electrons. The Morgan fingerprint density at radius 3 is 1.06 bits per heavy atom. The van der Waals surface area contributed by atoms with Crippen LogP contribution in [-0.4, -0.2) is 175 Å². The highest BCUT2D eigenvalue weighted by molar-refractivity contribution is 7.46. The molecule has 10 N–H and O–H groups in total. The Bertz CT molecular complexity index is 2800. The minimum absolute atomic E-state index is 0.0722. The van der Waals surface area contributed by atoms with E-state index in [1.54, 1.807) is 0 Å². The van der Waals surface area contributed by atoms with Gasteiger partial charge in [-0.25, -0.2) is 9.13 Å². The molecule has 0 bridgehead atoms. The van der Waals surface area contributed by atoms with E-state index in [4.69, 9.17) is 42.2 Å². The molecule has 0 aliphatic carbocycles. The van der Waals surface area contributed by atoms with Gasteiger partial charge in [-0.1, -0.05) is 362 Å². The number of rotatable bonds is 85. The van der Waals surface area contributed by atoms with Crippen LogP contribution < -0.4 is 10.6 Å². The van der Waals surface area contributed by atoms with Crippen molar-refractivity contribution in [2.24, 2.45) is 0 Å². The zero-order valence-electron chi connectivity index (χ0n) is 78.7. The first kappa shape index (κ1) is 118. The molecule has 14 atom stereocenters. The summed E-state index contributed by atoms with van der Waals surface area (Å²) in [6.45, 7) is 10.9. The van der Waals surface area contributed by atoms with Crippen LogP contribution in [0.3, 0.4) is 0 Å². The van der Waals surface area contributed by atoms with Crippen molar-refractivity contribution in [1.29, 1.82) is 0 Å². The van der Waals surface area contributed by atoms with Gasteiger partial charge >= 0.3 is 39.5 Å². The molecular formula is C96H180N2O25P2. The fraction of sp³-hybridized carbons (Fsp3) is 0.917. The largest absolute Gasteiger partial charge is 0.472 e. The standard InChI is InChI=1S/C96H180N2O25P2/c1-7-13-19-25-31-37-38-39-40-46-52-58-63-69-85(104)116-79(67-61-55-49-43-34-28-22-16-10-4)73-84(103)98-90-94(121-88(107)74-80(68-62-56-50-44-35-29-23-17-11-5)117-86(105)70-64-57-51-45-36-30-24-18-12-6)92(122-124(109,110)111)81(75-99)118-95(90)115-76-82-91(108)93(120-87(106)72-78(101)66-60-54-48-42-33-27-21-15-9-3)89(96(119-82)123-125(112,113)114)97-83(102)71-77(100)65-59-53-47-41-32-26-20-14-8-2/h37-38,77-82,89-96,99-101,108H,7-36,39-76H2,1-6H3,(H,97,102)(H,98,103)(H2,109,110,111)(H2,112,113,114)/b38-37-/t77?,78?,79?,80?,81?,82?,89?,90?,91-,92?,93-,94-,95-,96?/m1/s1. The fourth-order valence-corrected chi connectivity index (χ4v) is 17.7. The second-order valence-corrected chi connectivity index (χ2v) is 38.3. The summed E-state index contributed by atoms with van der Waals surface area (Å²) in [4.78, 5) is 129. The van der Waals surface area contributed by atoms with Crippen LogP contribution in [0, 0.1) is 0 Å². The molecule has 2 saturated heterocycles. The SMILES string of the molecule is CCCCCC/C=C\CCCCCCCC(=O)OC(CCCCCCCCCCC)CC(=O)NC1[C@H](OCC2OC(OP(=O)(O)O)C(NC(=O)CC(O)CCCCCCCCCCC)[C@@H](OC(=O)CC(O)CCCCCCCCCCC)[C@@H]2O)OC(CO)C(OP(=O)(O)O)[C@@H]1OC(=O)CC(CCCCCCCCCCC)OC(=O)CCCCCCCCCCC. The lowest BCUT2D eigenvalue weighted by molar-refractivity contribution is -0.297. The topological polar surface area (TPSA) is 406 Å². The maximum atomic E-state index is 15.2. The van der Waals surface area contributed by atoms with Crippen molar-refractivity contribution in [2.75, 3.05) is 13.2 Å². The second kappa shape index (κ2) is 77.0. The monoisotopic (exact) mass is 1820 g/mol. The van der Waals surface area contributed by atoms with E-state index in [1.807, 2.05) is 0 Å². The number of aliphatic hydroxyl groups is 4. The van der Waals surface area contributed by atoms with Crippen LogP contribution in [-0.2, 0) is 80.1 Å². The van der Waals surface area contributed by atoms with Crippen LogP contribution in [0.2, 0.25) is 0 Å². The Hall–Kier alpha value is -3.50. The summed E-state index contributed by atoms with van der Waals surface area (Å²) >= 11 is 0. The minimum atomic E-state index is -5.69. The van der Waals surface area contributed by atoms with E-state index < -0.39 is 176 Å². The molecule has 0 spiro atoms. The van der Waals surface area contributed by atoms with Gasteiger partial charge in [0.25, 0.3) is 0 Å². The Kier molecular flexibility index (Phi) is 72.4. The lowest BCUT2D eigenvalue weighted by Crippen LogP contribution is -2.68. The third kappa shape index (κ3) is 63.3. The van der Waals surface area contributed by atoms with E-state index in [2.05, 4.69) is 64.3 Å². The first-order valence-corrected chi connectivity index (χ1v) is 53.4. The fourth-order valence-electron chi connectivity index (χ4n) is 16.6. The predicted octanol–water partition coefficient (Wildman–Crippen LogP) is 21.2. The Balaban J connectivity index is 2.84. The highest BCUT2D eigenvalue weighted by atomic mass is 31.2. The van der Waals surface area contributed by atoms with Gasteiger partial charge in [0, 0.05) is 12.8 Å². The number of aliphatic hydroxyl groups excluding tert-OH is 4. The summed E-state index contributed by atoms with van der Waals surface area (Å²) in [5, 5.41) is 51.5. The number of phosphoric ester groups is 2. The highest BCUT2D eigenvalue weighted by Crippen LogP contribution is 2.44. The Morgan fingerprint density at radius 2 is 0.664 bits per heavy atom. The number of hydrogen-bond acceptors (Lipinski definition) is 21. The quantitative estimate of drug-likeness (QED) is 0.00889. The summed E-state index contributed by atoms with van der Waals surface area (Å²) in [5.41, 5.74) is 0. The van der Waals surface area contributed by atoms with Crippen LogP contribution in [0.5, 0.6) is 0 Å². The molecule has 0 aromatic heterocycles. The van der Waals surface area contributed by atoms with Crippen LogP contribution in [0.1, 0.15) is 465 Å². The van der Waals surface area contributed by atoms with E-state index in [1.165, 1.54) is 57.8 Å². The number of amides is 2. The van der Waals surface area contributed by atoms with Gasteiger partial charge in [-0.2, -0.15) is 0 Å². The maximum Gasteiger partial charge on any atom is 0.472 e. The van der Waals surface area contributed by atoms with Gasteiger partial charge in [-0.3, -0.25) is 37.8 Å². The second-order valence-electron chi connectivity index (χ2n) is 35.9. The summed E-state index contributed by atoms with van der Waals surface area (Å²) in [6.07, 6.45) is 37.8. The molecule has 0 aromatic rings. The Morgan fingerprint density at radius 1 is 0.352 bits per heavy atom. The molecule has 2 aliphatic rings. The summed E-state index contributed by atoms with van der Waals surface area (Å²) in [6, 6.07) is -3.87. The number of unbranched alkanes of at least 4 members (excludes halogenated alkanes) is 49. The van der Waals surface area contributed by atoms with Gasteiger partial charge in [0.1, 0.15) is 48.7 Å². The number of hydrogen-bond donors (Lipinski definition) is 10.